The predicted octanol–water partition coefficient (Wildman–Crippen LogP) is 9.04. The normalized spacial score (nSPS) is 22.2. The van der Waals surface area contributed by atoms with E-state index >= 15 is 0 Å². The van der Waals surface area contributed by atoms with Crippen molar-refractivity contribution in [1.82, 2.24) is 9.80 Å². The molecule has 3 fully saturated rings. The third-order valence-corrected chi connectivity index (χ3v) is 12.2. The number of nitrogens with two attached hydrogens (primary N) is 1. The van der Waals surface area contributed by atoms with Crippen LogP contribution in [0, 0.1) is 33.1 Å². The fourth-order valence-corrected chi connectivity index (χ4v) is 9.09. The summed E-state index contributed by atoms with van der Waals surface area (Å²) in [5.41, 5.74) is 14.4. The summed E-state index contributed by atoms with van der Waals surface area (Å²) in [6.07, 6.45) is 20.3. The van der Waals surface area contributed by atoms with E-state index in [1.54, 1.807) is 0 Å². The molecule has 3 saturated carbocycles. The summed E-state index contributed by atoms with van der Waals surface area (Å²) in [5.74, 6) is 0.875. The van der Waals surface area contributed by atoms with E-state index < -0.39 is 0 Å². The van der Waals surface area contributed by atoms with E-state index in [0.29, 0.717) is 35.7 Å². The Morgan fingerprint density at radius 2 is 1.07 bits per heavy atom. The Morgan fingerprint density at radius 3 is 1.64 bits per heavy atom. The average molecular weight is 765 g/mol. The number of aromatic hydroxyl groups is 3. The topological polar surface area (TPSA) is 142 Å². The summed E-state index contributed by atoms with van der Waals surface area (Å²) in [6, 6.07) is 13.3. The van der Waals surface area contributed by atoms with Crippen molar-refractivity contribution in [3.63, 3.8) is 0 Å². The van der Waals surface area contributed by atoms with Gasteiger partial charge in [0.2, 0.25) is 0 Å². The highest BCUT2D eigenvalue weighted by atomic mass is 16.3. The van der Waals surface area contributed by atoms with Crippen LogP contribution in [0.25, 0.3) is 0 Å². The first-order valence-electron chi connectivity index (χ1n) is 21.0. The minimum absolute atomic E-state index is 0.0799. The first-order chi connectivity index (χ1) is 26.8. The highest BCUT2D eigenvalue weighted by Crippen LogP contribution is 2.31. The van der Waals surface area contributed by atoms with Crippen LogP contribution in [0.4, 0.5) is 0 Å². The maximum absolute atomic E-state index is 11.1. The highest BCUT2D eigenvalue weighted by molar-refractivity contribution is 5.86. The Balaban J connectivity index is 0.000000253. The number of hydrogen-bond donors (Lipinski definition) is 5. The van der Waals surface area contributed by atoms with Crippen molar-refractivity contribution in [2.24, 2.45) is 15.7 Å². The number of hydrogen-bond acceptors (Lipinski definition) is 9. The van der Waals surface area contributed by atoms with Crippen LogP contribution in [0.2, 0.25) is 0 Å². The Kier molecular flexibility index (Phi) is 15.7. The molecule has 56 heavy (non-hydrogen) atoms. The monoisotopic (exact) mass is 765 g/mol. The molecular formula is C47H68N6O3. The van der Waals surface area contributed by atoms with Gasteiger partial charge in [-0.05, 0) is 121 Å². The van der Waals surface area contributed by atoms with Crippen molar-refractivity contribution in [2.45, 2.75) is 154 Å². The first-order valence-corrected chi connectivity index (χ1v) is 21.0. The summed E-state index contributed by atoms with van der Waals surface area (Å²) in [5, 5.41) is 39.1. The van der Waals surface area contributed by atoms with E-state index in [1.165, 1.54) is 51.2 Å². The van der Waals surface area contributed by atoms with Crippen molar-refractivity contribution < 1.29 is 15.3 Å². The van der Waals surface area contributed by atoms with E-state index in [-0.39, 0.29) is 23.9 Å². The number of benzene rings is 3. The second-order valence-corrected chi connectivity index (χ2v) is 17.0. The number of aryl methyl sites for hydroxylation is 4. The van der Waals surface area contributed by atoms with Crippen molar-refractivity contribution >= 4 is 18.6 Å². The summed E-state index contributed by atoms with van der Waals surface area (Å²) in [4.78, 5) is 14.5. The minimum atomic E-state index is 0.0799. The van der Waals surface area contributed by atoms with Crippen LogP contribution in [-0.4, -0.2) is 88.1 Å². The molecule has 4 atom stereocenters. The number of nitrogens with zero attached hydrogens (tertiary/aromatic N) is 4. The van der Waals surface area contributed by atoms with Crippen molar-refractivity contribution in [3.8, 4) is 17.2 Å². The molecular weight excluding hydrogens is 697 g/mol. The van der Waals surface area contributed by atoms with Gasteiger partial charge >= 0.3 is 0 Å². The lowest BCUT2D eigenvalue weighted by molar-refractivity contribution is 0.161. The van der Waals surface area contributed by atoms with Crippen molar-refractivity contribution in [2.75, 3.05) is 14.1 Å². The fraction of sp³-hybridized carbons (Fsp3) is 0.553. The first kappa shape index (κ1) is 43.1. The Bertz CT molecular complexity index is 1830. The molecule has 304 valence electrons. The number of phenolic OH excluding ortho intramolecular Hbond substituents is 3. The molecule has 9 nitrogen and oxygen atoms in total. The molecule has 0 amide bonds. The second-order valence-electron chi connectivity index (χ2n) is 17.0. The largest absolute Gasteiger partial charge is 0.507 e. The maximum atomic E-state index is 11.1. The van der Waals surface area contributed by atoms with Crippen LogP contribution < -0.4 is 5.73 Å². The SMILES string of the molecule is Cc1cc(C)c(O)c(C=NC2CCCCC2N=Cc2cc(C)cc(CN(C)C3CCCCC3)c2O)c1.Cc1cc(C=N)c(O)c(CN(C)C2CCCCC2N)c1. The molecule has 0 aromatic heterocycles. The van der Waals surface area contributed by atoms with Gasteiger partial charge in [-0.25, -0.2) is 0 Å². The molecule has 0 radical (unpaired) electrons. The Hall–Kier alpha value is -4.05. The second kappa shape index (κ2) is 20.4. The zero-order valence-corrected chi connectivity index (χ0v) is 34.9. The smallest absolute Gasteiger partial charge is 0.128 e. The highest BCUT2D eigenvalue weighted by Gasteiger charge is 2.27. The standard InChI is InChI=1S/C31H43N3O2.C16H25N3O/c1-21-14-23(3)30(35)24(15-21)18-32-28-12-8-9-13-29(28)33-19-25-16-22(2)17-26(31(25)36)20-34(4)27-10-6-5-7-11-27;1-11-7-12(9-17)16(20)13(8-11)10-19(2)15-6-4-3-5-14(15)18/h14-19,27-29,35-36H,5-13,20H2,1-4H3;7-9,14-15,17,20H,3-6,10,18H2,1-2H3. The van der Waals surface area contributed by atoms with Crippen LogP contribution in [0.3, 0.4) is 0 Å². The number of phenols is 3. The quantitative estimate of drug-likeness (QED) is 0.123. The molecule has 0 spiro atoms. The summed E-state index contributed by atoms with van der Waals surface area (Å²) in [6.45, 7) is 9.46. The van der Waals surface area contributed by atoms with Crippen molar-refractivity contribution in [1.29, 1.82) is 5.41 Å². The van der Waals surface area contributed by atoms with Crippen LogP contribution >= 0.6 is 0 Å². The Labute approximate surface area is 336 Å². The van der Waals surface area contributed by atoms with Gasteiger partial charge < -0.3 is 26.5 Å². The molecule has 9 heteroatoms. The summed E-state index contributed by atoms with van der Waals surface area (Å²) < 4.78 is 0. The van der Waals surface area contributed by atoms with Gasteiger partial charge in [0.15, 0.2) is 0 Å². The zero-order chi connectivity index (χ0) is 40.4. The van der Waals surface area contributed by atoms with E-state index in [1.807, 2.05) is 63.5 Å². The van der Waals surface area contributed by atoms with Gasteiger partial charge in [0.25, 0.3) is 0 Å². The van der Waals surface area contributed by atoms with Gasteiger partial charge in [0, 0.05) is 77.7 Å². The fourth-order valence-electron chi connectivity index (χ4n) is 9.09. The van der Waals surface area contributed by atoms with Gasteiger partial charge in [-0.1, -0.05) is 63.1 Å². The molecule has 6 N–H and O–H groups in total. The lowest BCUT2D eigenvalue weighted by Gasteiger charge is -2.36. The predicted molar refractivity (Wildman–Crippen MR) is 232 cm³/mol. The van der Waals surface area contributed by atoms with Crippen LogP contribution in [0.5, 0.6) is 17.2 Å². The average Bonchev–Trinajstić information content (AvgIpc) is 3.18. The molecule has 0 aliphatic heterocycles. The number of aliphatic imine (C=N–C) groups is 2. The minimum Gasteiger partial charge on any atom is -0.507 e. The van der Waals surface area contributed by atoms with Crippen LogP contribution in [0.15, 0.2) is 46.4 Å². The summed E-state index contributed by atoms with van der Waals surface area (Å²) >= 11 is 0. The molecule has 3 aliphatic rings. The van der Waals surface area contributed by atoms with E-state index in [2.05, 4.69) is 36.9 Å². The molecule has 6 rings (SSSR count). The number of likely N-dealkylation sites (N-methyl/N-ethyl adjacent to an activating group) is 1. The van der Waals surface area contributed by atoms with Gasteiger partial charge in [-0.15, -0.1) is 0 Å². The van der Waals surface area contributed by atoms with Gasteiger partial charge in [-0.2, -0.15) is 0 Å². The van der Waals surface area contributed by atoms with Crippen LogP contribution in [0.1, 0.15) is 134 Å². The number of rotatable bonds is 11. The zero-order valence-electron chi connectivity index (χ0n) is 34.9. The Morgan fingerprint density at radius 1 is 0.607 bits per heavy atom. The third kappa shape index (κ3) is 11.5. The molecule has 0 bridgehead atoms. The van der Waals surface area contributed by atoms with Gasteiger partial charge in [-0.3, -0.25) is 19.8 Å². The lowest BCUT2D eigenvalue weighted by atomic mass is 9.89. The maximum Gasteiger partial charge on any atom is 0.128 e. The van der Waals surface area contributed by atoms with Gasteiger partial charge in [0.1, 0.15) is 17.2 Å². The summed E-state index contributed by atoms with van der Waals surface area (Å²) in [7, 11) is 4.26. The van der Waals surface area contributed by atoms with Crippen molar-refractivity contribution in [3.05, 3.63) is 86.5 Å². The van der Waals surface area contributed by atoms with Crippen LogP contribution in [-0.2, 0) is 13.1 Å². The molecule has 3 aliphatic carbocycles. The lowest BCUT2D eigenvalue weighted by Crippen LogP contribution is -2.47. The van der Waals surface area contributed by atoms with E-state index in [9.17, 15) is 15.3 Å². The van der Waals surface area contributed by atoms with Gasteiger partial charge in [0.05, 0.1) is 12.1 Å². The third-order valence-electron chi connectivity index (χ3n) is 12.2. The molecule has 0 saturated heterocycles. The molecule has 0 heterocycles. The van der Waals surface area contributed by atoms with E-state index in [0.717, 1.165) is 89.6 Å². The molecule has 3 aromatic carbocycles. The molecule has 3 aromatic rings. The van der Waals surface area contributed by atoms with E-state index in [4.69, 9.17) is 21.1 Å². The number of nitrogens with one attached hydrogen (secondary N) is 1. The molecule has 4 unspecified atom stereocenters.